The minimum Gasteiger partial charge on any atom is -0.305 e. The van der Waals surface area contributed by atoms with Gasteiger partial charge in [0.1, 0.15) is 0 Å². The molecule has 114 valence electrons. The van der Waals surface area contributed by atoms with Gasteiger partial charge in [-0.3, -0.25) is 4.79 Å². The van der Waals surface area contributed by atoms with Crippen molar-refractivity contribution in [3.8, 4) is 0 Å². The zero-order chi connectivity index (χ0) is 15.2. The molecule has 0 N–H and O–H groups in total. The summed E-state index contributed by atoms with van der Waals surface area (Å²) in [5.74, 6) is 0.624. The summed E-state index contributed by atoms with van der Waals surface area (Å²) in [6, 6.07) is 5.96. The van der Waals surface area contributed by atoms with Crippen LogP contribution >= 0.6 is 27.5 Å². The fourth-order valence-electron chi connectivity index (χ4n) is 4.14. The summed E-state index contributed by atoms with van der Waals surface area (Å²) < 4.78 is 0. The molecule has 1 amide bonds. The fraction of sp³-hybridized carbons (Fsp3) is 0.588. The molecule has 2 atom stereocenters. The largest absolute Gasteiger partial charge is 0.305 e. The summed E-state index contributed by atoms with van der Waals surface area (Å²) in [5.41, 5.74) is 2.29. The first-order chi connectivity index (χ1) is 9.94. The number of hydrogen-bond donors (Lipinski definition) is 0. The van der Waals surface area contributed by atoms with Crippen LogP contribution in [0.25, 0.3) is 0 Å². The summed E-state index contributed by atoms with van der Waals surface area (Å²) in [7, 11) is 0. The minimum atomic E-state index is -0.160. The van der Waals surface area contributed by atoms with E-state index in [2.05, 4.69) is 27.8 Å². The highest BCUT2D eigenvalue weighted by molar-refractivity contribution is 9.10. The minimum absolute atomic E-state index is 0.0133. The van der Waals surface area contributed by atoms with Gasteiger partial charge in [0.15, 0.2) is 0 Å². The standard InChI is InChI=1S/C17H21BrClNO/c1-11-10-17(7-3-4-8-17)20(16(21)12(2)18)15-6-5-13(19)9-14(11)15/h5-6,9,11-12H,3-4,7-8,10H2,1-2H3. The van der Waals surface area contributed by atoms with E-state index < -0.39 is 0 Å². The molecule has 0 radical (unpaired) electrons. The zero-order valence-corrected chi connectivity index (χ0v) is 14.9. The van der Waals surface area contributed by atoms with E-state index in [1.165, 1.54) is 18.4 Å². The lowest BCUT2D eigenvalue weighted by atomic mass is 9.76. The maximum absolute atomic E-state index is 12.9. The molecule has 0 bridgehead atoms. The summed E-state index contributed by atoms with van der Waals surface area (Å²) in [5, 5.41) is 0.752. The first kappa shape index (κ1) is 15.4. The lowest BCUT2D eigenvalue weighted by Gasteiger charge is -2.48. The Morgan fingerprint density at radius 2 is 2.10 bits per heavy atom. The van der Waals surface area contributed by atoms with E-state index in [-0.39, 0.29) is 16.3 Å². The summed E-state index contributed by atoms with van der Waals surface area (Å²) in [4.78, 5) is 14.8. The topological polar surface area (TPSA) is 20.3 Å². The Labute approximate surface area is 140 Å². The van der Waals surface area contributed by atoms with Crippen molar-refractivity contribution in [2.45, 2.75) is 62.2 Å². The molecule has 3 rings (SSSR count). The lowest BCUT2D eigenvalue weighted by molar-refractivity contribution is -0.119. The first-order valence-corrected chi connectivity index (χ1v) is 9.01. The Morgan fingerprint density at radius 1 is 1.43 bits per heavy atom. The molecular weight excluding hydrogens is 350 g/mol. The predicted molar refractivity (Wildman–Crippen MR) is 91.6 cm³/mol. The summed E-state index contributed by atoms with van der Waals surface area (Å²) in [6.45, 7) is 4.17. The number of amides is 1. The number of anilines is 1. The second-order valence-electron chi connectivity index (χ2n) is 6.53. The van der Waals surface area contributed by atoms with Crippen LogP contribution in [0.4, 0.5) is 5.69 Å². The molecule has 21 heavy (non-hydrogen) atoms. The Morgan fingerprint density at radius 3 is 2.71 bits per heavy atom. The number of carbonyl (C=O) groups excluding carboxylic acids is 1. The van der Waals surface area contributed by atoms with Gasteiger partial charge >= 0.3 is 0 Å². The van der Waals surface area contributed by atoms with Crippen LogP contribution < -0.4 is 4.90 Å². The van der Waals surface area contributed by atoms with Crippen molar-refractivity contribution in [3.63, 3.8) is 0 Å². The lowest BCUT2D eigenvalue weighted by Crippen LogP contribution is -2.55. The molecule has 1 heterocycles. The third-order valence-corrected chi connectivity index (χ3v) is 5.64. The third-order valence-electron chi connectivity index (χ3n) is 5.02. The van der Waals surface area contributed by atoms with Crippen LogP contribution in [0.5, 0.6) is 0 Å². The van der Waals surface area contributed by atoms with E-state index in [1.807, 2.05) is 25.1 Å². The van der Waals surface area contributed by atoms with Gasteiger partial charge in [0.25, 0.3) is 0 Å². The predicted octanol–water partition coefficient (Wildman–Crippen LogP) is 5.28. The monoisotopic (exact) mass is 369 g/mol. The third kappa shape index (κ3) is 2.53. The number of halogens is 2. The van der Waals surface area contributed by atoms with Crippen LogP contribution in [0.1, 0.15) is 57.4 Å². The number of rotatable bonds is 1. The van der Waals surface area contributed by atoms with Crippen LogP contribution in [-0.2, 0) is 4.79 Å². The van der Waals surface area contributed by atoms with Gasteiger partial charge in [-0.15, -0.1) is 0 Å². The van der Waals surface area contributed by atoms with Gasteiger partial charge in [-0.25, -0.2) is 0 Å². The van der Waals surface area contributed by atoms with E-state index in [0.29, 0.717) is 5.92 Å². The van der Waals surface area contributed by atoms with Crippen molar-refractivity contribution in [2.24, 2.45) is 0 Å². The molecule has 1 fully saturated rings. The average Bonchev–Trinajstić information content (AvgIpc) is 2.88. The number of benzene rings is 1. The first-order valence-electron chi connectivity index (χ1n) is 7.72. The smallest absolute Gasteiger partial charge is 0.241 e. The van der Waals surface area contributed by atoms with E-state index in [4.69, 9.17) is 11.6 Å². The molecule has 1 spiro atoms. The highest BCUT2D eigenvalue weighted by Crippen LogP contribution is 2.51. The Balaban J connectivity index is 2.14. The van der Waals surface area contributed by atoms with Crippen LogP contribution in [-0.4, -0.2) is 16.3 Å². The van der Waals surface area contributed by atoms with Gasteiger partial charge in [0, 0.05) is 16.2 Å². The van der Waals surface area contributed by atoms with Crippen molar-refractivity contribution in [2.75, 3.05) is 4.90 Å². The number of fused-ring (bicyclic) bond motifs is 1. The number of nitrogens with zero attached hydrogens (tertiary/aromatic N) is 1. The van der Waals surface area contributed by atoms with E-state index in [9.17, 15) is 4.79 Å². The van der Waals surface area contributed by atoms with Crippen LogP contribution in [0.15, 0.2) is 18.2 Å². The number of hydrogen-bond acceptors (Lipinski definition) is 1. The number of carbonyl (C=O) groups is 1. The fourth-order valence-corrected chi connectivity index (χ4v) is 4.53. The Hall–Kier alpha value is -0.540. The van der Waals surface area contributed by atoms with E-state index >= 15 is 0 Å². The maximum Gasteiger partial charge on any atom is 0.241 e. The molecule has 2 nitrogen and oxygen atoms in total. The van der Waals surface area contributed by atoms with Gasteiger partial charge in [-0.05, 0) is 55.9 Å². The molecular formula is C17H21BrClNO. The molecule has 4 heteroatoms. The van der Waals surface area contributed by atoms with Gasteiger partial charge in [-0.2, -0.15) is 0 Å². The highest BCUT2D eigenvalue weighted by Gasteiger charge is 2.48. The maximum atomic E-state index is 12.9. The normalized spacial score (nSPS) is 25.0. The molecule has 2 unspecified atom stereocenters. The molecule has 0 aromatic heterocycles. The summed E-state index contributed by atoms with van der Waals surface area (Å²) in [6.07, 6.45) is 5.72. The second-order valence-corrected chi connectivity index (χ2v) is 8.34. The van der Waals surface area contributed by atoms with Crippen molar-refractivity contribution >= 4 is 39.1 Å². The SMILES string of the molecule is CC(Br)C(=O)N1c2ccc(Cl)cc2C(C)CC12CCCC2. The van der Waals surface area contributed by atoms with Crippen molar-refractivity contribution in [3.05, 3.63) is 28.8 Å². The number of alkyl halides is 1. The summed E-state index contributed by atoms with van der Waals surface area (Å²) >= 11 is 9.64. The zero-order valence-electron chi connectivity index (χ0n) is 12.5. The van der Waals surface area contributed by atoms with Crippen molar-refractivity contribution in [1.29, 1.82) is 0 Å². The van der Waals surface area contributed by atoms with E-state index in [0.717, 1.165) is 30.0 Å². The van der Waals surface area contributed by atoms with Crippen LogP contribution in [0, 0.1) is 0 Å². The van der Waals surface area contributed by atoms with E-state index in [1.54, 1.807) is 0 Å². The molecule has 1 aromatic rings. The molecule has 1 saturated carbocycles. The molecule has 2 aliphatic rings. The molecule has 1 aliphatic heterocycles. The van der Waals surface area contributed by atoms with Crippen LogP contribution in [0.2, 0.25) is 5.02 Å². The highest BCUT2D eigenvalue weighted by atomic mass is 79.9. The molecule has 1 aliphatic carbocycles. The quantitative estimate of drug-likeness (QED) is 0.616. The average molecular weight is 371 g/mol. The van der Waals surface area contributed by atoms with Crippen molar-refractivity contribution in [1.82, 2.24) is 0 Å². The molecule has 1 aromatic carbocycles. The van der Waals surface area contributed by atoms with Crippen molar-refractivity contribution < 1.29 is 4.79 Å². The second kappa shape index (κ2) is 5.58. The van der Waals surface area contributed by atoms with Gasteiger partial charge in [0.05, 0.1) is 4.83 Å². The van der Waals surface area contributed by atoms with Gasteiger partial charge in [0.2, 0.25) is 5.91 Å². The molecule has 0 saturated heterocycles. The Kier molecular flexibility index (Phi) is 4.08. The Bertz CT molecular complexity index is 566. The van der Waals surface area contributed by atoms with Crippen LogP contribution in [0.3, 0.4) is 0 Å². The van der Waals surface area contributed by atoms with Gasteiger partial charge < -0.3 is 4.90 Å². The van der Waals surface area contributed by atoms with Gasteiger partial charge in [-0.1, -0.05) is 47.3 Å².